The number of carbonyl (C=O) groups excluding carboxylic acids is 1. The van der Waals surface area contributed by atoms with Gasteiger partial charge >= 0.3 is 0 Å². The summed E-state index contributed by atoms with van der Waals surface area (Å²) in [5.41, 5.74) is 3.55. The summed E-state index contributed by atoms with van der Waals surface area (Å²) in [6.45, 7) is 10.8. The van der Waals surface area contributed by atoms with Crippen LogP contribution in [-0.2, 0) is 6.54 Å². The molecule has 2 saturated heterocycles. The van der Waals surface area contributed by atoms with Crippen LogP contribution in [0.4, 0.5) is 0 Å². The maximum absolute atomic E-state index is 13.0. The third kappa shape index (κ3) is 3.89. The number of fused-ring (bicyclic) bond motifs is 1. The van der Waals surface area contributed by atoms with Crippen molar-refractivity contribution in [2.75, 3.05) is 26.2 Å². The number of amides is 1. The lowest BCUT2D eigenvalue weighted by Crippen LogP contribution is -2.32. The smallest absolute Gasteiger partial charge is 0.272 e. The van der Waals surface area contributed by atoms with Gasteiger partial charge in [-0.05, 0) is 58.5 Å². The zero-order valence-electron chi connectivity index (χ0n) is 16.3. The molecular formula is C20H27N5OS. The van der Waals surface area contributed by atoms with Gasteiger partial charge in [0.05, 0.1) is 10.7 Å². The number of thiazole rings is 1. The maximum Gasteiger partial charge on any atom is 0.272 e. The first-order valence-corrected chi connectivity index (χ1v) is 10.6. The molecule has 4 heterocycles. The molecule has 27 heavy (non-hydrogen) atoms. The van der Waals surface area contributed by atoms with Gasteiger partial charge in [0.1, 0.15) is 12.0 Å². The molecule has 2 aliphatic rings. The second kappa shape index (κ2) is 7.64. The molecule has 0 spiro atoms. The van der Waals surface area contributed by atoms with E-state index in [0.717, 1.165) is 61.8 Å². The van der Waals surface area contributed by atoms with Crippen molar-refractivity contribution >= 4 is 17.2 Å². The van der Waals surface area contributed by atoms with Gasteiger partial charge < -0.3 is 4.90 Å². The first-order valence-electron chi connectivity index (χ1n) is 9.72. The minimum Gasteiger partial charge on any atom is -0.337 e. The molecule has 0 N–H and O–H groups in total. The number of rotatable bonds is 3. The van der Waals surface area contributed by atoms with Crippen molar-refractivity contribution in [1.82, 2.24) is 24.8 Å². The van der Waals surface area contributed by atoms with Gasteiger partial charge in [-0.2, -0.15) is 0 Å². The van der Waals surface area contributed by atoms with E-state index in [1.807, 2.05) is 18.7 Å². The van der Waals surface area contributed by atoms with E-state index < -0.39 is 0 Å². The topological polar surface area (TPSA) is 62.2 Å². The van der Waals surface area contributed by atoms with Crippen LogP contribution in [0.3, 0.4) is 0 Å². The number of hydrogen-bond acceptors (Lipinski definition) is 6. The molecule has 0 aliphatic carbocycles. The molecule has 2 aliphatic heterocycles. The van der Waals surface area contributed by atoms with Gasteiger partial charge in [-0.15, -0.1) is 11.3 Å². The molecule has 7 heteroatoms. The molecule has 2 aromatic rings. The van der Waals surface area contributed by atoms with Gasteiger partial charge in [-0.3, -0.25) is 9.69 Å². The number of likely N-dealkylation sites (tertiary alicyclic amines) is 2. The van der Waals surface area contributed by atoms with Crippen LogP contribution in [0.25, 0.3) is 0 Å². The number of aryl methyl sites for hydroxylation is 2. The van der Waals surface area contributed by atoms with Crippen LogP contribution in [0.5, 0.6) is 0 Å². The summed E-state index contributed by atoms with van der Waals surface area (Å²) in [5, 5.41) is 3.31. The van der Waals surface area contributed by atoms with Gasteiger partial charge in [0, 0.05) is 36.3 Å². The summed E-state index contributed by atoms with van der Waals surface area (Å²) in [6.07, 6.45) is 3.81. The van der Waals surface area contributed by atoms with Crippen LogP contribution in [-0.4, -0.2) is 56.8 Å². The molecule has 1 amide bonds. The number of aromatic nitrogens is 3. The summed E-state index contributed by atoms with van der Waals surface area (Å²) in [7, 11) is 0. The fraction of sp³-hybridized carbons (Fsp3) is 0.600. The molecule has 0 radical (unpaired) electrons. The highest BCUT2D eigenvalue weighted by molar-refractivity contribution is 7.09. The predicted molar refractivity (Wildman–Crippen MR) is 106 cm³/mol. The van der Waals surface area contributed by atoms with E-state index >= 15 is 0 Å². The Labute approximate surface area is 164 Å². The summed E-state index contributed by atoms with van der Waals surface area (Å²) >= 11 is 1.73. The first-order chi connectivity index (χ1) is 13.0. The van der Waals surface area contributed by atoms with Crippen molar-refractivity contribution in [2.24, 2.45) is 11.8 Å². The normalized spacial score (nSPS) is 23.3. The molecule has 2 fully saturated rings. The van der Waals surface area contributed by atoms with Gasteiger partial charge in [0.2, 0.25) is 0 Å². The largest absolute Gasteiger partial charge is 0.337 e. The molecule has 6 nitrogen and oxygen atoms in total. The summed E-state index contributed by atoms with van der Waals surface area (Å²) in [6, 6.07) is 0. The Bertz CT molecular complexity index is 820. The fourth-order valence-corrected chi connectivity index (χ4v) is 4.94. The van der Waals surface area contributed by atoms with E-state index in [0.29, 0.717) is 17.5 Å². The highest BCUT2D eigenvalue weighted by atomic mass is 32.1. The Hall–Kier alpha value is -1.86. The Morgan fingerprint density at radius 2 is 1.85 bits per heavy atom. The Balaban J connectivity index is 1.38. The zero-order chi connectivity index (χ0) is 19.0. The van der Waals surface area contributed by atoms with Gasteiger partial charge in [-0.25, -0.2) is 15.0 Å². The molecule has 2 aromatic heterocycles. The molecule has 0 aromatic carbocycles. The van der Waals surface area contributed by atoms with Crippen molar-refractivity contribution in [1.29, 1.82) is 0 Å². The van der Waals surface area contributed by atoms with Crippen molar-refractivity contribution in [3.63, 3.8) is 0 Å². The third-order valence-corrected chi connectivity index (χ3v) is 6.91. The van der Waals surface area contributed by atoms with Gasteiger partial charge in [-0.1, -0.05) is 0 Å². The highest BCUT2D eigenvalue weighted by Crippen LogP contribution is 2.33. The average Bonchev–Trinajstić information content (AvgIpc) is 3.20. The first kappa shape index (κ1) is 18.5. The lowest BCUT2D eigenvalue weighted by Gasteiger charge is -2.21. The van der Waals surface area contributed by atoms with Crippen LogP contribution in [0, 0.1) is 32.6 Å². The fourth-order valence-electron chi connectivity index (χ4n) is 4.34. The lowest BCUT2D eigenvalue weighted by atomic mass is 9.92. The summed E-state index contributed by atoms with van der Waals surface area (Å²) in [4.78, 5) is 30.6. The minimum atomic E-state index is 0.0703. The van der Waals surface area contributed by atoms with Crippen LogP contribution in [0.1, 0.15) is 45.3 Å². The summed E-state index contributed by atoms with van der Waals surface area (Å²) < 4.78 is 0. The lowest BCUT2D eigenvalue weighted by molar-refractivity contribution is 0.0773. The predicted octanol–water partition coefficient (Wildman–Crippen LogP) is 2.84. The maximum atomic E-state index is 13.0. The van der Waals surface area contributed by atoms with Crippen molar-refractivity contribution in [3.05, 3.63) is 39.4 Å². The number of hydrogen-bond donors (Lipinski definition) is 0. The van der Waals surface area contributed by atoms with Crippen molar-refractivity contribution < 1.29 is 4.79 Å². The van der Waals surface area contributed by atoms with E-state index in [4.69, 9.17) is 0 Å². The molecule has 0 unspecified atom stereocenters. The molecule has 0 bridgehead atoms. The molecule has 2 atom stereocenters. The standard InChI is InChI=1S/C20H27N5OS/c1-13-14(2)21-12-22-19(13)20(26)25-8-16-4-6-24(7-5-17(16)9-25)10-18-11-27-15(3)23-18/h11-12,16-17H,4-10H2,1-3H3/t16-,17+. The van der Waals surface area contributed by atoms with E-state index in [9.17, 15) is 4.79 Å². The minimum absolute atomic E-state index is 0.0703. The quantitative estimate of drug-likeness (QED) is 0.813. The average molecular weight is 386 g/mol. The van der Waals surface area contributed by atoms with E-state index in [1.165, 1.54) is 12.0 Å². The summed E-state index contributed by atoms with van der Waals surface area (Å²) in [5.74, 6) is 1.26. The van der Waals surface area contributed by atoms with Gasteiger partial charge in [0.15, 0.2) is 0 Å². The third-order valence-electron chi connectivity index (χ3n) is 6.09. The highest BCUT2D eigenvalue weighted by Gasteiger charge is 2.37. The Morgan fingerprint density at radius 3 is 2.48 bits per heavy atom. The Morgan fingerprint density at radius 1 is 1.15 bits per heavy atom. The van der Waals surface area contributed by atoms with Crippen LogP contribution >= 0.6 is 11.3 Å². The van der Waals surface area contributed by atoms with Crippen LogP contribution < -0.4 is 0 Å². The van der Waals surface area contributed by atoms with Crippen molar-refractivity contribution in [3.8, 4) is 0 Å². The SMILES string of the molecule is Cc1nc(CN2CC[C@@H]3CN(C(=O)c4ncnc(C)c4C)C[C@@H]3CC2)cs1. The molecule has 4 rings (SSSR count). The molecular weight excluding hydrogens is 358 g/mol. The zero-order valence-corrected chi connectivity index (χ0v) is 17.1. The Kier molecular flexibility index (Phi) is 5.23. The number of nitrogens with zero attached hydrogens (tertiary/aromatic N) is 5. The van der Waals surface area contributed by atoms with E-state index in [2.05, 4.69) is 32.2 Å². The van der Waals surface area contributed by atoms with Gasteiger partial charge in [0.25, 0.3) is 5.91 Å². The molecule has 144 valence electrons. The second-order valence-corrected chi connectivity index (χ2v) is 8.94. The van der Waals surface area contributed by atoms with Crippen LogP contribution in [0.15, 0.2) is 11.7 Å². The van der Waals surface area contributed by atoms with E-state index in [1.54, 1.807) is 11.3 Å². The number of carbonyl (C=O) groups is 1. The van der Waals surface area contributed by atoms with E-state index in [-0.39, 0.29) is 5.91 Å². The van der Waals surface area contributed by atoms with Crippen LogP contribution in [0.2, 0.25) is 0 Å². The second-order valence-electron chi connectivity index (χ2n) is 7.87. The molecule has 0 saturated carbocycles. The monoisotopic (exact) mass is 385 g/mol. The van der Waals surface area contributed by atoms with Crippen molar-refractivity contribution in [2.45, 2.75) is 40.2 Å².